The molecule has 0 aliphatic heterocycles. The van der Waals surface area contributed by atoms with Gasteiger partial charge in [0.25, 0.3) is 0 Å². The van der Waals surface area contributed by atoms with Gasteiger partial charge in [0.1, 0.15) is 0 Å². The number of carboxylic acids is 1. The summed E-state index contributed by atoms with van der Waals surface area (Å²) in [6.45, 7) is 3.64. The van der Waals surface area contributed by atoms with Crippen LogP contribution in [0.5, 0.6) is 11.5 Å². The fourth-order valence-corrected chi connectivity index (χ4v) is 2.39. The second-order valence-corrected chi connectivity index (χ2v) is 5.43. The number of methoxy groups -OCH3 is 2. The lowest BCUT2D eigenvalue weighted by molar-refractivity contribution is -0.142. The Morgan fingerprint density at radius 1 is 1.26 bits per heavy atom. The average molecular weight is 320 g/mol. The first-order valence-corrected chi connectivity index (χ1v) is 7.18. The summed E-state index contributed by atoms with van der Waals surface area (Å²) in [5, 5.41) is 20.8. The van der Waals surface area contributed by atoms with Crippen LogP contribution in [0.25, 0.3) is 0 Å². The van der Waals surface area contributed by atoms with Crippen molar-refractivity contribution in [2.45, 2.75) is 26.3 Å². The Bertz CT molecular complexity index is 684. The number of carbonyl (C=O) groups is 1. The lowest BCUT2D eigenvalue weighted by Gasteiger charge is -2.17. The van der Waals surface area contributed by atoms with Gasteiger partial charge in [0.2, 0.25) is 0 Å². The van der Waals surface area contributed by atoms with Crippen LogP contribution in [0.1, 0.15) is 31.3 Å². The van der Waals surface area contributed by atoms with Gasteiger partial charge in [-0.3, -0.25) is 0 Å². The Labute approximate surface area is 134 Å². The van der Waals surface area contributed by atoms with E-state index in [1.165, 1.54) is 4.68 Å². The fraction of sp³-hybridized carbons (Fsp3) is 0.467. The van der Waals surface area contributed by atoms with E-state index in [1.54, 1.807) is 20.3 Å². The summed E-state index contributed by atoms with van der Waals surface area (Å²) < 4.78 is 11.8. The zero-order valence-corrected chi connectivity index (χ0v) is 13.6. The first kappa shape index (κ1) is 16.7. The van der Waals surface area contributed by atoms with Gasteiger partial charge in [0.05, 0.1) is 14.2 Å². The third-order valence-electron chi connectivity index (χ3n) is 3.52. The van der Waals surface area contributed by atoms with Crippen LogP contribution < -0.4 is 9.47 Å². The number of hydrogen-bond donors (Lipinski definition) is 1. The van der Waals surface area contributed by atoms with Crippen LogP contribution in [0.15, 0.2) is 18.2 Å². The molecule has 0 saturated carbocycles. The number of ether oxygens (including phenoxy) is 2. The standard InChI is InChI=1S/C15H20N4O4/c1-9(2)14(15(20)21)19-13(16-17-18-19)8-10-5-6-11(22-3)12(7-10)23-4/h5-7,9,14H,8H2,1-4H3,(H,20,21). The van der Waals surface area contributed by atoms with Crippen molar-refractivity contribution >= 4 is 5.97 Å². The van der Waals surface area contributed by atoms with Crippen molar-refractivity contribution in [2.24, 2.45) is 5.92 Å². The maximum Gasteiger partial charge on any atom is 0.328 e. The fourth-order valence-electron chi connectivity index (χ4n) is 2.39. The molecule has 1 aromatic carbocycles. The molecule has 1 aromatic heterocycles. The summed E-state index contributed by atoms with van der Waals surface area (Å²) in [4.78, 5) is 11.5. The Morgan fingerprint density at radius 3 is 2.52 bits per heavy atom. The zero-order valence-electron chi connectivity index (χ0n) is 13.6. The maximum absolute atomic E-state index is 11.5. The van der Waals surface area contributed by atoms with Crippen LogP contribution in [0.2, 0.25) is 0 Å². The van der Waals surface area contributed by atoms with E-state index in [2.05, 4.69) is 15.5 Å². The van der Waals surface area contributed by atoms with Gasteiger partial charge in [-0.15, -0.1) is 5.10 Å². The molecule has 8 heteroatoms. The molecule has 0 fully saturated rings. The number of aromatic nitrogens is 4. The largest absolute Gasteiger partial charge is 0.493 e. The molecule has 0 aliphatic carbocycles. The topological polar surface area (TPSA) is 99.4 Å². The number of benzene rings is 1. The normalized spacial score (nSPS) is 12.2. The first-order valence-electron chi connectivity index (χ1n) is 7.18. The van der Waals surface area contributed by atoms with Gasteiger partial charge in [0, 0.05) is 6.42 Å². The summed E-state index contributed by atoms with van der Waals surface area (Å²) in [6, 6.07) is 4.67. The highest BCUT2D eigenvalue weighted by Gasteiger charge is 2.27. The Balaban J connectivity index is 2.32. The smallest absolute Gasteiger partial charge is 0.328 e. The van der Waals surface area contributed by atoms with Gasteiger partial charge in [-0.25, -0.2) is 9.48 Å². The second-order valence-electron chi connectivity index (χ2n) is 5.43. The molecule has 124 valence electrons. The average Bonchev–Trinajstić information content (AvgIpc) is 2.94. The number of carboxylic acid groups (broad SMARTS) is 1. The van der Waals surface area contributed by atoms with E-state index in [0.29, 0.717) is 23.7 Å². The van der Waals surface area contributed by atoms with Gasteiger partial charge in [0.15, 0.2) is 23.4 Å². The highest BCUT2D eigenvalue weighted by Crippen LogP contribution is 2.28. The predicted molar refractivity (Wildman–Crippen MR) is 81.7 cm³/mol. The molecule has 0 amide bonds. The number of hydrogen-bond acceptors (Lipinski definition) is 6. The molecule has 8 nitrogen and oxygen atoms in total. The molecule has 2 aromatic rings. The van der Waals surface area contributed by atoms with Gasteiger partial charge in [-0.2, -0.15) is 0 Å². The van der Waals surface area contributed by atoms with Crippen LogP contribution in [-0.2, 0) is 11.2 Å². The van der Waals surface area contributed by atoms with Gasteiger partial charge >= 0.3 is 5.97 Å². The molecule has 2 rings (SSSR count). The molecule has 23 heavy (non-hydrogen) atoms. The molecule has 0 radical (unpaired) electrons. The monoisotopic (exact) mass is 320 g/mol. The molecule has 1 unspecified atom stereocenters. The van der Waals surface area contributed by atoms with Gasteiger partial charge in [-0.1, -0.05) is 19.9 Å². The van der Waals surface area contributed by atoms with E-state index in [-0.39, 0.29) is 5.92 Å². The van der Waals surface area contributed by atoms with Crippen molar-refractivity contribution in [3.05, 3.63) is 29.6 Å². The molecular weight excluding hydrogens is 300 g/mol. The van der Waals surface area contributed by atoms with Crippen LogP contribution in [0.3, 0.4) is 0 Å². The van der Waals surface area contributed by atoms with E-state index in [0.717, 1.165) is 5.56 Å². The molecule has 0 aliphatic rings. The van der Waals surface area contributed by atoms with Crippen molar-refractivity contribution in [3.63, 3.8) is 0 Å². The Hall–Kier alpha value is -2.64. The number of nitrogens with zero attached hydrogens (tertiary/aromatic N) is 4. The summed E-state index contributed by atoms with van der Waals surface area (Å²) in [5.41, 5.74) is 0.895. The van der Waals surface area contributed by atoms with Crippen molar-refractivity contribution in [1.82, 2.24) is 20.2 Å². The van der Waals surface area contributed by atoms with Crippen LogP contribution in [0, 0.1) is 5.92 Å². The number of aliphatic carboxylic acids is 1. The molecule has 1 heterocycles. The zero-order chi connectivity index (χ0) is 17.0. The quantitative estimate of drug-likeness (QED) is 0.826. The summed E-state index contributed by atoms with van der Waals surface area (Å²) in [7, 11) is 3.13. The molecular formula is C15H20N4O4. The van der Waals surface area contributed by atoms with Crippen LogP contribution in [-0.4, -0.2) is 45.5 Å². The summed E-state index contributed by atoms with van der Waals surface area (Å²) in [6.07, 6.45) is 0.393. The van der Waals surface area contributed by atoms with E-state index >= 15 is 0 Å². The van der Waals surface area contributed by atoms with E-state index in [1.807, 2.05) is 26.0 Å². The molecule has 1 N–H and O–H groups in total. The summed E-state index contributed by atoms with van der Waals surface area (Å²) >= 11 is 0. The Kier molecular flexibility index (Phi) is 5.15. The summed E-state index contributed by atoms with van der Waals surface area (Å²) in [5.74, 6) is 0.614. The first-order chi connectivity index (χ1) is 11.0. The van der Waals surface area contributed by atoms with E-state index in [4.69, 9.17) is 9.47 Å². The Morgan fingerprint density at radius 2 is 1.96 bits per heavy atom. The minimum atomic E-state index is -0.958. The van der Waals surface area contributed by atoms with E-state index < -0.39 is 12.0 Å². The van der Waals surface area contributed by atoms with Crippen molar-refractivity contribution < 1.29 is 19.4 Å². The molecule has 1 atom stereocenters. The number of tetrazole rings is 1. The van der Waals surface area contributed by atoms with Gasteiger partial charge < -0.3 is 14.6 Å². The second kappa shape index (κ2) is 7.08. The SMILES string of the molecule is COc1ccc(Cc2nnnn2C(C(=O)O)C(C)C)cc1OC. The predicted octanol–water partition coefficient (Wildman–Crippen LogP) is 1.56. The lowest BCUT2D eigenvalue weighted by atomic mass is 10.0. The van der Waals surface area contributed by atoms with Crippen molar-refractivity contribution in [3.8, 4) is 11.5 Å². The third-order valence-corrected chi connectivity index (χ3v) is 3.52. The third kappa shape index (κ3) is 3.58. The molecule has 0 spiro atoms. The minimum Gasteiger partial charge on any atom is -0.493 e. The van der Waals surface area contributed by atoms with E-state index in [9.17, 15) is 9.90 Å². The maximum atomic E-state index is 11.5. The van der Waals surface area contributed by atoms with Crippen LogP contribution >= 0.6 is 0 Å². The lowest BCUT2D eigenvalue weighted by Crippen LogP contribution is -2.27. The molecule has 0 bridgehead atoms. The van der Waals surface area contributed by atoms with Crippen molar-refractivity contribution in [1.29, 1.82) is 0 Å². The number of rotatable bonds is 7. The minimum absolute atomic E-state index is 0.139. The highest BCUT2D eigenvalue weighted by atomic mass is 16.5. The van der Waals surface area contributed by atoms with Gasteiger partial charge in [-0.05, 0) is 34.0 Å². The van der Waals surface area contributed by atoms with Crippen molar-refractivity contribution in [2.75, 3.05) is 14.2 Å². The molecule has 0 saturated heterocycles. The van der Waals surface area contributed by atoms with Crippen LogP contribution in [0.4, 0.5) is 0 Å². The highest BCUT2D eigenvalue weighted by molar-refractivity contribution is 5.72.